The first-order valence-corrected chi connectivity index (χ1v) is 9.75. The summed E-state index contributed by atoms with van der Waals surface area (Å²) in [4.78, 5) is 12.3. The van der Waals surface area contributed by atoms with Crippen molar-refractivity contribution in [1.82, 2.24) is 20.2 Å². The lowest BCUT2D eigenvalue weighted by Gasteiger charge is -2.11. The molecule has 0 aliphatic heterocycles. The van der Waals surface area contributed by atoms with Gasteiger partial charge in [-0.3, -0.25) is 4.79 Å². The molecule has 0 bridgehead atoms. The SMILES string of the molecule is COc1ccc(Cc2nnc(S[C@@H](C)C(=O)NCc3ccccc3)n2N)cc1. The van der Waals surface area contributed by atoms with Crippen LogP contribution < -0.4 is 15.9 Å². The maximum absolute atomic E-state index is 12.3. The van der Waals surface area contributed by atoms with Crippen molar-refractivity contribution < 1.29 is 9.53 Å². The number of aromatic nitrogens is 3. The Labute approximate surface area is 168 Å². The smallest absolute Gasteiger partial charge is 0.233 e. The molecule has 8 heteroatoms. The van der Waals surface area contributed by atoms with E-state index >= 15 is 0 Å². The zero-order valence-corrected chi connectivity index (χ0v) is 16.6. The molecule has 146 valence electrons. The molecule has 0 aliphatic carbocycles. The van der Waals surface area contributed by atoms with Gasteiger partial charge in [-0.2, -0.15) is 0 Å². The van der Waals surface area contributed by atoms with Crippen LogP contribution >= 0.6 is 11.8 Å². The van der Waals surface area contributed by atoms with Gasteiger partial charge in [0.2, 0.25) is 11.1 Å². The third-order valence-corrected chi connectivity index (χ3v) is 5.27. The number of methoxy groups -OCH3 is 1. The molecular weight excluding hydrogens is 374 g/mol. The van der Waals surface area contributed by atoms with Crippen LogP contribution in [-0.4, -0.2) is 33.1 Å². The number of nitrogens with two attached hydrogens (primary N) is 1. The van der Waals surface area contributed by atoms with Crippen LogP contribution in [0.15, 0.2) is 59.8 Å². The number of amides is 1. The summed E-state index contributed by atoms with van der Waals surface area (Å²) >= 11 is 1.28. The maximum atomic E-state index is 12.3. The first-order chi connectivity index (χ1) is 13.6. The lowest BCUT2D eigenvalue weighted by Crippen LogP contribution is -2.30. The molecule has 0 fully saturated rings. The van der Waals surface area contributed by atoms with E-state index in [0.717, 1.165) is 16.9 Å². The highest BCUT2D eigenvalue weighted by atomic mass is 32.2. The minimum absolute atomic E-state index is 0.0754. The van der Waals surface area contributed by atoms with Crippen LogP contribution in [0, 0.1) is 0 Å². The first kappa shape index (κ1) is 19.8. The Morgan fingerprint density at radius 3 is 2.54 bits per heavy atom. The Morgan fingerprint density at radius 2 is 1.86 bits per heavy atom. The summed E-state index contributed by atoms with van der Waals surface area (Å²) in [5.41, 5.74) is 2.10. The van der Waals surface area contributed by atoms with Gasteiger partial charge in [-0.1, -0.05) is 54.2 Å². The molecule has 1 amide bonds. The number of thioether (sulfide) groups is 1. The fourth-order valence-corrected chi connectivity index (χ4v) is 3.39. The van der Waals surface area contributed by atoms with Gasteiger partial charge in [-0.05, 0) is 30.2 Å². The van der Waals surface area contributed by atoms with E-state index in [4.69, 9.17) is 10.6 Å². The number of carbonyl (C=O) groups excluding carboxylic acids is 1. The monoisotopic (exact) mass is 397 g/mol. The number of nitrogens with one attached hydrogen (secondary N) is 1. The molecule has 1 aromatic heterocycles. The largest absolute Gasteiger partial charge is 0.497 e. The highest BCUT2D eigenvalue weighted by Crippen LogP contribution is 2.22. The van der Waals surface area contributed by atoms with Crippen molar-refractivity contribution >= 4 is 17.7 Å². The predicted octanol–water partition coefficient (Wildman–Crippen LogP) is 2.39. The molecule has 28 heavy (non-hydrogen) atoms. The summed E-state index contributed by atoms with van der Waals surface area (Å²) in [5.74, 6) is 7.48. The summed E-state index contributed by atoms with van der Waals surface area (Å²) in [7, 11) is 1.63. The second-order valence-electron chi connectivity index (χ2n) is 6.26. The lowest BCUT2D eigenvalue weighted by atomic mass is 10.1. The lowest BCUT2D eigenvalue weighted by molar-refractivity contribution is -0.120. The number of benzene rings is 2. The third kappa shape index (κ3) is 5.04. The number of hydrogen-bond acceptors (Lipinski definition) is 6. The number of hydrogen-bond donors (Lipinski definition) is 2. The number of ether oxygens (including phenoxy) is 1. The zero-order chi connectivity index (χ0) is 19.9. The summed E-state index contributed by atoms with van der Waals surface area (Å²) in [6, 6.07) is 17.5. The minimum atomic E-state index is -0.343. The topological polar surface area (TPSA) is 95.1 Å². The van der Waals surface area contributed by atoms with E-state index in [0.29, 0.717) is 23.9 Å². The molecule has 0 aliphatic rings. The Kier molecular flexibility index (Phi) is 6.54. The van der Waals surface area contributed by atoms with Gasteiger partial charge in [0.15, 0.2) is 5.82 Å². The predicted molar refractivity (Wildman–Crippen MR) is 110 cm³/mol. The van der Waals surface area contributed by atoms with Crippen LogP contribution in [0.1, 0.15) is 23.9 Å². The normalized spacial score (nSPS) is 11.8. The Balaban J connectivity index is 1.57. The first-order valence-electron chi connectivity index (χ1n) is 8.87. The van der Waals surface area contributed by atoms with Crippen molar-refractivity contribution in [2.45, 2.75) is 30.3 Å². The van der Waals surface area contributed by atoms with Gasteiger partial charge in [0.05, 0.1) is 12.4 Å². The second-order valence-corrected chi connectivity index (χ2v) is 7.57. The van der Waals surface area contributed by atoms with Gasteiger partial charge in [-0.25, -0.2) is 4.68 Å². The molecule has 0 saturated heterocycles. The fraction of sp³-hybridized carbons (Fsp3) is 0.250. The highest BCUT2D eigenvalue weighted by molar-refractivity contribution is 8.00. The fourth-order valence-electron chi connectivity index (χ4n) is 2.57. The number of carbonyl (C=O) groups is 1. The highest BCUT2D eigenvalue weighted by Gasteiger charge is 2.19. The maximum Gasteiger partial charge on any atom is 0.233 e. The van der Waals surface area contributed by atoms with Crippen LogP contribution in [0.2, 0.25) is 0 Å². The molecule has 2 aromatic carbocycles. The molecule has 3 N–H and O–H groups in total. The van der Waals surface area contributed by atoms with E-state index in [9.17, 15) is 4.79 Å². The molecule has 0 saturated carbocycles. The van der Waals surface area contributed by atoms with Crippen LogP contribution in [0.3, 0.4) is 0 Å². The molecule has 0 radical (unpaired) electrons. The van der Waals surface area contributed by atoms with E-state index in [2.05, 4.69) is 15.5 Å². The van der Waals surface area contributed by atoms with E-state index in [1.165, 1.54) is 16.4 Å². The van der Waals surface area contributed by atoms with Crippen molar-refractivity contribution in [3.8, 4) is 5.75 Å². The number of nitrogen functional groups attached to an aromatic ring is 1. The Hall–Kier alpha value is -3.00. The molecule has 0 unspecified atom stereocenters. The van der Waals surface area contributed by atoms with Gasteiger partial charge >= 0.3 is 0 Å². The van der Waals surface area contributed by atoms with Gasteiger partial charge < -0.3 is 15.9 Å². The van der Waals surface area contributed by atoms with Gasteiger partial charge in [0.1, 0.15) is 5.75 Å². The average molecular weight is 398 g/mol. The molecule has 0 spiro atoms. The van der Waals surface area contributed by atoms with Crippen LogP contribution in [0.25, 0.3) is 0 Å². The summed E-state index contributed by atoms with van der Waals surface area (Å²) in [6.07, 6.45) is 0.544. The Morgan fingerprint density at radius 1 is 1.14 bits per heavy atom. The van der Waals surface area contributed by atoms with Crippen molar-refractivity contribution in [1.29, 1.82) is 0 Å². The van der Waals surface area contributed by atoms with E-state index < -0.39 is 0 Å². The standard InChI is InChI=1S/C20H23N5O2S/c1-14(19(26)22-13-16-6-4-3-5-7-16)28-20-24-23-18(25(20)21)12-15-8-10-17(27-2)11-9-15/h3-11,14H,12-13,21H2,1-2H3,(H,22,26)/t14-/m0/s1. The van der Waals surface area contributed by atoms with Crippen LogP contribution in [0.5, 0.6) is 5.75 Å². The van der Waals surface area contributed by atoms with Crippen molar-refractivity contribution in [2.24, 2.45) is 0 Å². The van der Waals surface area contributed by atoms with Crippen LogP contribution in [-0.2, 0) is 17.8 Å². The molecule has 1 heterocycles. The molecule has 3 rings (SSSR count). The van der Waals surface area contributed by atoms with E-state index in [1.807, 2.05) is 61.5 Å². The summed E-state index contributed by atoms with van der Waals surface area (Å²) in [6.45, 7) is 2.31. The van der Waals surface area contributed by atoms with Crippen LogP contribution in [0.4, 0.5) is 0 Å². The van der Waals surface area contributed by atoms with E-state index in [1.54, 1.807) is 7.11 Å². The third-order valence-electron chi connectivity index (χ3n) is 4.22. The number of nitrogens with zero attached hydrogens (tertiary/aromatic N) is 3. The quantitative estimate of drug-likeness (QED) is 0.448. The minimum Gasteiger partial charge on any atom is -0.497 e. The van der Waals surface area contributed by atoms with Gasteiger partial charge in [0, 0.05) is 13.0 Å². The van der Waals surface area contributed by atoms with Crippen molar-refractivity contribution in [3.63, 3.8) is 0 Å². The molecule has 1 atom stereocenters. The summed E-state index contributed by atoms with van der Waals surface area (Å²) < 4.78 is 6.60. The zero-order valence-electron chi connectivity index (χ0n) is 15.8. The molecular formula is C20H23N5O2S. The average Bonchev–Trinajstić information content (AvgIpc) is 3.06. The molecule has 3 aromatic rings. The molecule has 7 nitrogen and oxygen atoms in total. The number of rotatable bonds is 8. The van der Waals surface area contributed by atoms with Crippen molar-refractivity contribution in [2.75, 3.05) is 13.0 Å². The van der Waals surface area contributed by atoms with Gasteiger partial charge in [0.25, 0.3) is 0 Å². The van der Waals surface area contributed by atoms with Crippen molar-refractivity contribution in [3.05, 3.63) is 71.5 Å². The van der Waals surface area contributed by atoms with Gasteiger partial charge in [-0.15, -0.1) is 10.2 Å². The second kappa shape index (κ2) is 9.27. The summed E-state index contributed by atoms with van der Waals surface area (Å²) in [5, 5.41) is 11.4. The Bertz CT molecular complexity index is 912. The van der Waals surface area contributed by atoms with E-state index in [-0.39, 0.29) is 11.2 Å².